The van der Waals surface area contributed by atoms with Crippen LogP contribution in [-0.2, 0) is 0 Å². The van der Waals surface area contributed by atoms with Gasteiger partial charge in [-0.15, -0.1) is 0 Å². The predicted molar refractivity (Wildman–Crippen MR) is 70.5 cm³/mol. The molecule has 0 aromatic heterocycles. The van der Waals surface area contributed by atoms with E-state index in [2.05, 4.69) is 0 Å². The Labute approximate surface area is 177 Å². The summed E-state index contributed by atoms with van der Waals surface area (Å²) in [7, 11) is -5.77. The molecule has 2 aromatic carbocycles. The first-order chi connectivity index (χ1) is 8.61. The van der Waals surface area contributed by atoms with Gasteiger partial charge in [0.2, 0.25) is 0 Å². The van der Waals surface area contributed by atoms with Crippen molar-refractivity contribution in [3.05, 3.63) is 36.4 Å². The summed E-state index contributed by atoms with van der Waals surface area (Å²) in [6.45, 7) is 4.00. The van der Waals surface area contributed by atoms with Gasteiger partial charge in [0.25, 0.3) is 0 Å². The maximum Gasteiger partial charge on any atom is 0.572 e. The zero-order chi connectivity index (χ0) is 13.7. The molecule has 20 heavy (non-hydrogen) atoms. The number of benzene rings is 2. The monoisotopic (exact) mass is 334 g/mol. The molecule has 0 radical (unpaired) electrons. The summed E-state index contributed by atoms with van der Waals surface area (Å²) in [5.41, 5.74) is -1.15. The van der Waals surface area contributed by atoms with Gasteiger partial charge in [0.15, 0.2) is 0 Å². The molecule has 0 aliphatic heterocycles. The summed E-state index contributed by atoms with van der Waals surface area (Å²) in [5, 5.41) is 0.734. The van der Waals surface area contributed by atoms with E-state index in [-0.39, 0.29) is 80.9 Å². The van der Waals surface area contributed by atoms with Gasteiger partial charge < -0.3 is 0 Å². The number of hydrogen-bond acceptors (Lipinski definition) is 0. The maximum atomic E-state index is 12.8. The zero-order valence-corrected chi connectivity index (χ0v) is 12.3. The van der Waals surface area contributed by atoms with Crippen molar-refractivity contribution in [3.8, 4) is 0 Å². The molecule has 0 saturated carbocycles. The Morgan fingerprint density at radius 3 is 1.80 bits per heavy atom. The first-order valence-electron chi connectivity index (χ1n) is 5.69. The Hall–Kier alpha value is 1.07. The fourth-order valence-electron chi connectivity index (χ4n) is 1.75. The molecule has 0 saturated heterocycles. The molecule has 0 nitrogen and oxygen atoms in total. The Kier molecular flexibility index (Phi) is 13.5. The van der Waals surface area contributed by atoms with Crippen LogP contribution in [0.5, 0.6) is 0 Å². The Morgan fingerprint density at radius 1 is 0.750 bits per heavy atom. The van der Waals surface area contributed by atoms with Crippen molar-refractivity contribution in [1.82, 2.24) is 0 Å². The van der Waals surface area contributed by atoms with Crippen molar-refractivity contribution in [2.75, 3.05) is 0 Å². The fourth-order valence-corrected chi connectivity index (χ4v) is 1.75. The van der Waals surface area contributed by atoms with E-state index in [0.717, 1.165) is 6.07 Å². The van der Waals surface area contributed by atoms with Crippen molar-refractivity contribution < 1.29 is 92.7 Å². The molecule has 110 valence electrons. The minimum absolute atomic E-state index is 0. The molecule has 0 amide bonds. The minimum Gasteiger partial charge on any atom is -0.281 e. The summed E-state index contributed by atoms with van der Waals surface area (Å²) >= 11 is 0. The first-order valence-corrected chi connectivity index (χ1v) is 5.69. The Bertz CT molecular complexity index is 524. The molecule has 0 aliphatic rings. The number of hydrogen-bond donors (Lipinski definition) is 0. The van der Waals surface area contributed by atoms with Crippen molar-refractivity contribution in [1.29, 1.82) is 0 Å². The van der Waals surface area contributed by atoms with Crippen LogP contribution < -0.4 is 10.9 Å². The molecule has 0 unspecified atom stereocenters. The van der Waals surface area contributed by atoms with Crippen molar-refractivity contribution in [3.63, 3.8) is 0 Å². The fraction of sp³-hybridized carbons (Fsp3) is 0.167. The Balaban J connectivity index is 0. The average molecular weight is 334 g/mol. The maximum absolute atomic E-state index is 12.8. The molecule has 0 aliphatic carbocycles. The van der Waals surface area contributed by atoms with Gasteiger partial charge >= 0.3 is 14.5 Å². The van der Waals surface area contributed by atoms with Crippen LogP contribution >= 0.6 is 0 Å². The second-order valence-corrected chi connectivity index (χ2v) is 3.39. The number of halogens is 4. The third-order valence-electron chi connectivity index (χ3n) is 2.46. The van der Waals surface area contributed by atoms with E-state index in [1.165, 1.54) is 12.1 Å². The van der Waals surface area contributed by atoms with Crippen molar-refractivity contribution in [2.45, 2.75) is 13.8 Å². The van der Waals surface area contributed by atoms with Crippen molar-refractivity contribution in [2.24, 2.45) is 0 Å². The van der Waals surface area contributed by atoms with Crippen LogP contribution in [-0.4, -0.2) is 14.5 Å². The third-order valence-corrected chi connectivity index (χ3v) is 2.46. The van der Waals surface area contributed by atoms with E-state index >= 15 is 0 Å². The summed E-state index contributed by atoms with van der Waals surface area (Å²) < 4.78 is 50.7. The second-order valence-electron chi connectivity index (χ2n) is 3.39. The topological polar surface area (TPSA) is 0 Å². The third kappa shape index (κ3) is 5.69. The molecule has 0 N–H and O–H groups in total. The predicted octanol–water partition coefficient (Wildman–Crippen LogP) is 3.13. The average Bonchev–Trinajstić information content (AvgIpc) is 2.39. The van der Waals surface area contributed by atoms with Crippen LogP contribution in [0.15, 0.2) is 36.4 Å². The molecule has 0 atom stereocenters. The number of fused-ring (bicyclic) bond motifs is 1. The minimum atomic E-state index is -2.89. The molecule has 2 aromatic rings. The summed E-state index contributed by atoms with van der Waals surface area (Å²) in [6, 6.07) is 8.79. The molecule has 0 heterocycles. The van der Waals surface area contributed by atoms with Crippen LogP contribution in [0.3, 0.4) is 0 Å². The van der Waals surface area contributed by atoms with Crippen LogP contribution in [0.1, 0.15) is 13.8 Å². The van der Waals surface area contributed by atoms with E-state index < -0.39 is 25.5 Å². The van der Waals surface area contributed by atoms with Crippen LogP contribution in [0.4, 0.5) is 17.3 Å². The first kappa shape index (κ1) is 23.3. The quantitative estimate of drug-likeness (QED) is 0.585. The van der Waals surface area contributed by atoms with Gasteiger partial charge in [-0.1, -0.05) is 50.2 Å². The van der Waals surface area contributed by atoms with E-state index in [0.29, 0.717) is 5.39 Å². The van der Waals surface area contributed by atoms with E-state index in [1.54, 1.807) is 18.2 Å². The van der Waals surface area contributed by atoms with Gasteiger partial charge in [0, 0.05) is 75.5 Å². The van der Waals surface area contributed by atoms with Gasteiger partial charge in [0.05, 0.1) is 0 Å². The molecule has 0 bridgehead atoms. The summed E-state index contributed by atoms with van der Waals surface area (Å²) in [6.07, 6.45) is 0. The molecule has 8 heteroatoms. The van der Waals surface area contributed by atoms with Crippen LogP contribution in [0.2, 0.25) is 0 Å². The smallest absolute Gasteiger partial charge is 0.281 e. The van der Waals surface area contributed by atoms with Gasteiger partial charge in [0.1, 0.15) is 0 Å². The van der Waals surface area contributed by atoms with Gasteiger partial charge in [-0.3, -0.25) is 17.3 Å². The molecule has 0 fully saturated rings. The normalized spacial score (nSPS) is 8.70. The largest absolute Gasteiger partial charge is 0.572 e. The van der Waals surface area contributed by atoms with E-state index in [1.807, 2.05) is 13.8 Å². The van der Waals surface area contributed by atoms with E-state index in [4.69, 9.17) is 0 Å². The zero-order valence-electron chi connectivity index (χ0n) is 10.8. The van der Waals surface area contributed by atoms with Gasteiger partial charge in [-0.25, -0.2) is 0 Å². The SMILES string of the molecule is CC.FB(F)c1ccc2ccccc2c1B(F)F.[Ar].[Ar]. The standard InChI is InChI=1S/C10H6B2F4.C2H6.2Ar/c13-11(14)9-6-5-7-3-1-2-4-8(7)10(9)12(15)16;1-2;;/h1-6H;1-2H3;;. The molecule has 0 spiro atoms. The van der Waals surface area contributed by atoms with Gasteiger partial charge in [-0.2, -0.15) is 0 Å². The van der Waals surface area contributed by atoms with Crippen molar-refractivity contribution >= 4 is 36.2 Å². The number of rotatable bonds is 2. The molecular formula is C12H12Ar2B2F4. The van der Waals surface area contributed by atoms with Gasteiger partial charge in [-0.05, 0) is 21.7 Å². The molecular weight excluding hydrogens is 322 g/mol. The summed E-state index contributed by atoms with van der Waals surface area (Å²) in [4.78, 5) is 0. The van der Waals surface area contributed by atoms with Crippen LogP contribution in [0, 0.1) is 75.5 Å². The Morgan fingerprint density at radius 2 is 1.30 bits per heavy atom. The second kappa shape index (κ2) is 11.6. The van der Waals surface area contributed by atoms with E-state index in [9.17, 15) is 17.3 Å². The van der Waals surface area contributed by atoms with Crippen LogP contribution in [0.25, 0.3) is 10.8 Å². The summed E-state index contributed by atoms with van der Waals surface area (Å²) in [5.74, 6) is 0. The molecule has 2 rings (SSSR count).